The summed E-state index contributed by atoms with van der Waals surface area (Å²) in [7, 11) is 1.31. The number of methoxy groups -OCH3 is 1. The third kappa shape index (κ3) is 12.2. The zero-order valence-electron chi connectivity index (χ0n) is 10.9. The number of hydrogen-bond donors (Lipinski definition) is 0. The second-order valence-electron chi connectivity index (χ2n) is 3.06. The largest absolute Gasteiger partial charge is 0.466 e. The van der Waals surface area contributed by atoms with Crippen LogP contribution in [-0.4, -0.2) is 38.4 Å². The molecule has 1 unspecified atom stereocenters. The van der Waals surface area contributed by atoms with Crippen LogP contribution in [0, 0.1) is 0 Å². The van der Waals surface area contributed by atoms with Gasteiger partial charge in [0.2, 0.25) is 0 Å². The molecule has 1 atom stereocenters. The van der Waals surface area contributed by atoms with Gasteiger partial charge in [0.15, 0.2) is 0 Å². The van der Waals surface area contributed by atoms with Crippen molar-refractivity contribution >= 4 is 11.9 Å². The highest BCUT2D eigenvalue weighted by Gasteiger charge is 2.24. The number of rotatable bonds is 4. The van der Waals surface area contributed by atoms with Gasteiger partial charge in [-0.2, -0.15) is 0 Å². The van der Waals surface area contributed by atoms with Gasteiger partial charge in [0.25, 0.3) is 0 Å². The van der Waals surface area contributed by atoms with Gasteiger partial charge in [0, 0.05) is 11.6 Å². The van der Waals surface area contributed by atoms with E-state index >= 15 is 0 Å². The fourth-order valence-corrected chi connectivity index (χ4v) is 0.539. The number of epoxide rings is 1. The van der Waals surface area contributed by atoms with Crippen molar-refractivity contribution in [3.63, 3.8) is 0 Å². The first-order valence-corrected chi connectivity index (χ1v) is 5.15. The summed E-state index contributed by atoms with van der Waals surface area (Å²) in [5.41, 5.74) is 0.431. The average Bonchev–Trinajstić information content (AvgIpc) is 3.22. The first-order valence-electron chi connectivity index (χ1n) is 5.15. The van der Waals surface area contributed by atoms with Crippen LogP contribution in [0.2, 0.25) is 0 Å². The van der Waals surface area contributed by atoms with E-state index in [1.165, 1.54) is 7.11 Å². The molecule has 1 rings (SSSR count). The maximum atomic E-state index is 10.7. The Kier molecular flexibility index (Phi) is 11.9. The van der Waals surface area contributed by atoms with Crippen molar-refractivity contribution in [3.05, 3.63) is 38.0 Å². The van der Waals surface area contributed by atoms with Gasteiger partial charge in [0.1, 0.15) is 12.7 Å². The quantitative estimate of drug-likeness (QED) is 0.331. The van der Waals surface area contributed by atoms with Crippen molar-refractivity contribution in [3.8, 4) is 0 Å². The van der Waals surface area contributed by atoms with Gasteiger partial charge in [0.05, 0.1) is 13.7 Å². The van der Waals surface area contributed by atoms with E-state index in [0.717, 1.165) is 6.08 Å². The van der Waals surface area contributed by atoms with E-state index < -0.39 is 5.97 Å². The molecule has 1 aliphatic heterocycles. The molecule has 1 heterocycles. The lowest BCUT2D eigenvalue weighted by Crippen LogP contribution is -2.09. The predicted molar refractivity (Wildman–Crippen MR) is 69.0 cm³/mol. The SMILES string of the molecule is C=C.C=C(C)C(=O)OCC1CO1.C=CC(=O)OC. The van der Waals surface area contributed by atoms with Crippen molar-refractivity contribution in [1.82, 2.24) is 0 Å². The monoisotopic (exact) mass is 256 g/mol. The lowest BCUT2D eigenvalue weighted by molar-refractivity contribution is -0.139. The minimum Gasteiger partial charge on any atom is -0.466 e. The summed E-state index contributed by atoms with van der Waals surface area (Å²) in [5, 5.41) is 0. The number of carbonyl (C=O) groups is 2. The Labute approximate surface area is 108 Å². The minimum absolute atomic E-state index is 0.142. The van der Waals surface area contributed by atoms with Crippen LogP contribution in [0.1, 0.15) is 6.92 Å². The molecule has 5 heteroatoms. The molecule has 18 heavy (non-hydrogen) atoms. The number of carbonyl (C=O) groups excluding carboxylic acids is 2. The van der Waals surface area contributed by atoms with Crippen molar-refractivity contribution in [2.24, 2.45) is 0 Å². The Balaban J connectivity index is 0. The molecule has 0 saturated carbocycles. The number of hydrogen-bond acceptors (Lipinski definition) is 5. The second kappa shape index (κ2) is 11.6. The summed E-state index contributed by atoms with van der Waals surface area (Å²) in [6.45, 7) is 15.3. The molecule has 1 fully saturated rings. The molecule has 1 saturated heterocycles. The molecular weight excluding hydrogens is 236 g/mol. The van der Waals surface area contributed by atoms with E-state index in [9.17, 15) is 9.59 Å². The van der Waals surface area contributed by atoms with Crippen molar-refractivity contribution in [2.75, 3.05) is 20.3 Å². The smallest absolute Gasteiger partial charge is 0.333 e. The molecule has 0 aliphatic carbocycles. The van der Waals surface area contributed by atoms with Crippen LogP contribution in [-0.2, 0) is 23.8 Å². The molecule has 5 nitrogen and oxygen atoms in total. The highest BCUT2D eigenvalue weighted by molar-refractivity contribution is 5.86. The zero-order chi connectivity index (χ0) is 14.6. The Morgan fingerprint density at radius 1 is 1.44 bits per heavy atom. The predicted octanol–water partition coefficient (Wildman–Crippen LogP) is 1.65. The summed E-state index contributed by atoms with van der Waals surface area (Å²) in [6.07, 6.45) is 1.25. The Morgan fingerprint density at radius 3 is 2.17 bits per heavy atom. The van der Waals surface area contributed by atoms with Crippen LogP contribution in [0.15, 0.2) is 38.0 Å². The van der Waals surface area contributed by atoms with Crippen LogP contribution >= 0.6 is 0 Å². The molecule has 102 valence electrons. The number of esters is 2. The topological polar surface area (TPSA) is 65.1 Å². The molecule has 0 N–H and O–H groups in total. The van der Waals surface area contributed by atoms with Crippen molar-refractivity contribution in [2.45, 2.75) is 13.0 Å². The molecule has 0 bridgehead atoms. The fraction of sp³-hybridized carbons (Fsp3) is 0.385. The number of ether oxygens (including phenoxy) is 3. The average molecular weight is 256 g/mol. The lowest BCUT2D eigenvalue weighted by atomic mass is 10.4. The van der Waals surface area contributed by atoms with E-state index in [1.807, 2.05) is 0 Å². The first kappa shape index (κ1) is 18.5. The normalized spacial score (nSPS) is 14.7. The highest BCUT2D eigenvalue weighted by Crippen LogP contribution is 2.09. The molecule has 0 amide bonds. The van der Waals surface area contributed by atoms with Gasteiger partial charge in [-0.05, 0) is 6.92 Å². The van der Waals surface area contributed by atoms with Gasteiger partial charge < -0.3 is 14.2 Å². The Hall–Kier alpha value is -1.88. The van der Waals surface area contributed by atoms with Crippen LogP contribution in [0.25, 0.3) is 0 Å². The maximum absolute atomic E-state index is 10.7. The molecule has 0 aromatic rings. The second-order valence-corrected chi connectivity index (χ2v) is 3.06. The molecule has 0 aromatic carbocycles. The van der Waals surface area contributed by atoms with E-state index in [0.29, 0.717) is 18.8 Å². The van der Waals surface area contributed by atoms with Gasteiger partial charge in [-0.3, -0.25) is 0 Å². The molecule has 0 spiro atoms. The summed E-state index contributed by atoms with van der Waals surface area (Å²) >= 11 is 0. The van der Waals surface area contributed by atoms with Crippen molar-refractivity contribution < 1.29 is 23.8 Å². The molecule has 0 radical (unpaired) electrons. The van der Waals surface area contributed by atoms with Crippen LogP contribution in [0.4, 0.5) is 0 Å². The maximum Gasteiger partial charge on any atom is 0.333 e. The Bertz CT molecular complexity index is 292. The van der Waals surface area contributed by atoms with E-state index in [1.54, 1.807) is 6.92 Å². The lowest BCUT2D eigenvalue weighted by Gasteiger charge is -1.99. The van der Waals surface area contributed by atoms with Crippen molar-refractivity contribution in [1.29, 1.82) is 0 Å². The summed E-state index contributed by atoms with van der Waals surface area (Å²) in [6, 6.07) is 0. The van der Waals surface area contributed by atoms with Crippen LogP contribution in [0.5, 0.6) is 0 Å². The van der Waals surface area contributed by atoms with E-state index in [2.05, 4.69) is 31.1 Å². The third-order valence-electron chi connectivity index (χ3n) is 1.52. The summed E-state index contributed by atoms with van der Waals surface area (Å²) in [4.78, 5) is 20.5. The van der Waals surface area contributed by atoms with E-state index in [4.69, 9.17) is 9.47 Å². The van der Waals surface area contributed by atoms with Crippen LogP contribution in [0.3, 0.4) is 0 Å². The van der Waals surface area contributed by atoms with Gasteiger partial charge in [-0.1, -0.05) is 13.2 Å². The standard InChI is InChI=1S/C7H10O3.C4H6O2.C2H4/c1-5(2)7(8)10-4-6-3-9-6;1-3-4(5)6-2;1-2/h6H,1,3-4H2,2H3;3H,1H2,2H3;1-2H2. The molecule has 0 aromatic heterocycles. The molecule has 1 aliphatic rings. The summed E-state index contributed by atoms with van der Waals surface area (Å²) in [5.74, 6) is -0.731. The Morgan fingerprint density at radius 2 is 1.94 bits per heavy atom. The fourth-order valence-electron chi connectivity index (χ4n) is 0.539. The van der Waals surface area contributed by atoms with Gasteiger partial charge in [-0.25, -0.2) is 9.59 Å². The first-order chi connectivity index (χ1) is 8.51. The van der Waals surface area contributed by atoms with Crippen LogP contribution < -0.4 is 0 Å². The zero-order valence-corrected chi connectivity index (χ0v) is 10.9. The molecular formula is C13H20O5. The minimum atomic E-state index is -0.394. The van der Waals surface area contributed by atoms with Gasteiger partial charge >= 0.3 is 11.9 Å². The summed E-state index contributed by atoms with van der Waals surface area (Å²) < 4.78 is 13.7. The highest BCUT2D eigenvalue weighted by atomic mass is 16.6. The third-order valence-corrected chi connectivity index (χ3v) is 1.52. The van der Waals surface area contributed by atoms with Gasteiger partial charge in [-0.15, -0.1) is 13.2 Å². The van der Waals surface area contributed by atoms with E-state index in [-0.39, 0.29) is 12.1 Å².